The molecule has 0 saturated carbocycles. The van der Waals surface area contributed by atoms with Crippen molar-refractivity contribution in [2.24, 2.45) is 0 Å². The molecule has 2 heteroatoms. The van der Waals surface area contributed by atoms with Gasteiger partial charge >= 0.3 is 0 Å². The molecule has 1 aliphatic rings. The number of nitrogens with one attached hydrogen (secondary N) is 1. The highest BCUT2D eigenvalue weighted by Gasteiger charge is 2.28. The lowest BCUT2D eigenvalue weighted by molar-refractivity contribution is 0.712. The first-order valence-corrected chi connectivity index (χ1v) is 7.05. The quantitative estimate of drug-likeness (QED) is 0.639. The van der Waals surface area contributed by atoms with Crippen LogP contribution in [0.2, 0.25) is 0 Å². The largest absolute Gasteiger partial charge is 0.363 e. The molecule has 3 rings (SSSR count). The van der Waals surface area contributed by atoms with Gasteiger partial charge in [-0.3, -0.25) is 0 Å². The second-order valence-electron chi connectivity index (χ2n) is 4.51. The molecule has 1 N–H and O–H groups in total. The third-order valence-electron chi connectivity index (χ3n) is 3.18. The first kappa shape index (κ1) is 12.2. The van der Waals surface area contributed by atoms with E-state index in [-0.39, 0.29) is 4.45 Å². The number of dihydropyridines is 1. The minimum atomic E-state index is -0.339. The molecule has 0 saturated heterocycles. The van der Waals surface area contributed by atoms with Crippen LogP contribution in [-0.4, -0.2) is 0 Å². The number of benzene rings is 2. The molecule has 1 unspecified atom stereocenters. The van der Waals surface area contributed by atoms with Gasteiger partial charge in [0.2, 0.25) is 0 Å². The van der Waals surface area contributed by atoms with Crippen molar-refractivity contribution in [2.75, 3.05) is 0 Å². The van der Waals surface area contributed by atoms with Crippen molar-refractivity contribution in [3.8, 4) is 0 Å². The summed E-state index contributed by atoms with van der Waals surface area (Å²) in [6.45, 7) is 0. The molecular weight excluding hydrogens is 298 g/mol. The third-order valence-corrected chi connectivity index (χ3v) is 4.10. The molecule has 0 spiro atoms. The number of hydrogen-bond donors (Lipinski definition) is 1. The average molecular weight is 312 g/mol. The Bertz CT molecular complexity index is 616. The van der Waals surface area contributed by atoms with E-state index < -0.39 is 0 Å². The SMILES string of the molecule is BrC1(c2ccccc2)C=CC=C(c2ccccc2)N1. The van der Waals surface area contributed by atoms with Crippen LogP contribution in [0.1, 0.15) is 11.1 Å². The van der Waals surface area contributed by atoms with E-state index in [1.807, 2.05) is 24.3 Å². The molecule has 2 aromatic carbocycles. The summed E-state index contributed by atoms with van der Waals surface area (Å²) < 4.78 is -0.339. The van der Waals surface area contributed by atoms with Crippen molar-refractivity contribution in [1.29, 1.82) is 0 Å². The average Bonchev–Trinajstić information content (AvgIpc) is 2.49. The van der Waals surface area contributed by atoms with E-state index in [0.29, 0.717) is 0 Å². The minimum Gasteiger partial charge on any atom is -0.363 e. The van der Waals surface area contributed by atoms with Gasteiger partial charge in [-0.25, -0.2) is 0 Å². The minimum absolute atomic E-state index is 0.339. The monoisotopic (exact) mass is 311 g/mol. The van der Waals surface area contributed by atoms with E-state index in [2.05, 4.69) is 75.9 Å². The van der Waals surface area contributed by atoms with E-state index in [4.69, 9.17) is 0 Å². The maximum atomic E-state index is 3.80. The Hall–Kier alpha value is -1.80. The molecule has 1 nitrogen and oxygen atoms in total. The Morgan fingerprint density at radius 1 is 0.842 bits per heavy atom. The highest BCUT2D eigenvalue weighted by atomic mass is 79.9. The van der Waals surface area contributed by atoms with E-state index >= 15 is 0 Å². The number of hydrogen-bond acceptors (Lipinski definition) is 1. The second kappa shape index (κ2) is 5.06. The van der Waals surface area contributed by atoms with Gasteiger partial charge in [0.1, 0.15) is 4.45 Å². The molecule has 94 valence electrons. The Morgan fingerprint density at radius 3 is 2.16 bits per heavy atom. The van der Waals surface area contributed by atoms with Crippen molar-refractivity contribution in [3.63, 3.8) is 0 Å². The Labute approximate surface area is 121 Å². The maximum Gasteiger partial charge on any atom is 0.138 e. The first-order chi connectivity index (χ1) is 9.28. The van der Waals surface area contributed by atoms with Crippen LogP contribution in [-0.2, 0) is 4.45 Å². The van der Waals surface area contributed by atoms with Crippen LogP contribution < -0.4 is 5.32 Å². The summed E-state index contributed by atoms with van der Waals surface area (Å²) in [4.78, 5) is 0. The Kier molecular flexibility index (Phi) is 3.26. The van der Waals surface area contributed by atoms with Gasteiger partial charge in [-0.05, 0) is 23.3 Å². The zero-order valence-electron chi connectivity index (χ0n) is 10.4. The van der Waals surface area contributed by atoms with Crippen molar-refractivity contribution in [2.45, 2.75) is 4.45 Å². The normalized spacial score (nSPS) is 21.6. The predicted molar refractivity (Wildman–Crippen MR) is 83.7 cm³/mol. The van der Waals surface area contributed by atoms with Gasteiger partial charge in [-0.15, -0.1) is 0 Å². The van der Waals surface area contributed by atoms with Gasteiger partial charge in [0.15, 0.2) is 0 Å². The summed E-state index contributed by atoms with van der Waals surface area (Å²) in [5, 5.41) is 3.55. The molecule has 0 bridgehead atoms. The zero-order chi connectivity index (χ0) is 13.1. The molecule has 0 fully saturated rings. The second-order valence-corrected chi connectivity index (χ2v) is 5.76. The maximum absolute atomic E-state index is 3.80. The summed E-state index contributed by atoms with van der Waals surface area (Å²) >= 11 is 3.80. The fourth-order valence-electron chi connectivity index (χ4n) is 2.19. The van der Waals surface area contributed by atoms with Crippen LogP contribution in [0.4, 0.5) is 0 Å². The molecule has 0 amide bonds. The van der Waals surface area contributed by atoms with E-state index in [1.165, 1.54) is 11.1 Å². The number of rotatable bonds is 2. The van der Waals surface area contributed by atoms with Crippen molar-refractivity contribution < 1.29 is 0 Å². The van der Waals surface area contributed by atoms with Crippen molar-refractivity contribution in [3.05, 3.63) is 90.0 Å². The molecule has 2 aromatic rings. The highest BCUT2D eigenvalue weighted by molar-refractivity contribution is 9.09. The van der Waals surface area contributed by atoms with Crippen LogP contribution in [0.15, 0.2) is 78.9 Å². The molecule has 0 aromatic heterocycles. The third kappa shape index (κ3) is 2.49. The molecule has 1 heterocycles. The van der Waals surface area contributed by atoms with Crippen molar-refractivity contribution >= 4 is 21.6 Å². The lowest BCUT2D eigenvalue weighted by atomic mass is 10.0. The van der Waals surface area contributed by atoms with E-state index in [1.54, 1.807) is 0 Å². The standard InChI is InChI=1S/C17H14BrN/c18-17(15-10-5-2-6-11-15)13-7-12-16(19-17)14-8-3-1-4-9-14/h1-13,19H. The summed E-state index contributed by atoms with van der Waals surface area (Å²) in [5.74, 6) is 0. The number of halogens is 1. The van der Waals surface area contributed by atoms with E-state index in [9.17, 15) is 0 Å². The Morgan fingerprint density at radius 2 is 1.47 bits per heavy atom. The van der Waals surface area contributed by atoms with Crippen LogP contribution in [0.3, 0.4) is 0 Å². The summed E-state index contributed by atoms with van der Waals surface area (Å²) in [5.41, 5.74) is 3.49. The summed E-state index contributed by atoms with van der Waals surface area (Å²) in [6.07, 6.45) is 6.30. The number of alkyl halides is 1. The van der Waals surface area contributed by atoms with Gasteiger partial charge in [0.05, 0.1) is 0 Å². The lowest BCUT2D eigenvalue weighted by Crippen LogP contribution is -2.35. The molecule has 1 aliphatic heterocycles. The highest BCUT2D eigenvalue weighted by Crippen LogP contribution is 2.35. The molecule has 19 heavy (non-hydrogen) atoms. The summed E-state index contributed by atoms with van der Waals surface area (Å²) in [7, 11) is 0. The fourth-order valence-corrected chi connectivity index (χ4v) is 2.82. The van der Waals surface area contributed by atoms with Crippen LogP contribution in [0.25, 0.3) is 5.70 Å². The van der Waals surface area contributed by atoms with Crippen LogP contribution in [0, 0.1) is 0 Å². The molecule has 0 radical (unpaired) electrons. The van der Waals surface area contributed by atoms with Gasteiger partial charge in [0.25, 0.3) is 0 Å². The summed E-state index contributed by atoms with van der Waals surface area (Å²) in [6, 6.07) is 20.7. The predicted octanol–water partition coefficient (Wildman–Crippen LogP) is 4.43. The Balaban J connectivity index is 1.94. The molecular formula is C17H14BrN. The van der Waals surface area contributed by atoms with Crippen molar-refractivity contribution in [1.82, 2.24) is 5.32 Å². The fraction of sp³-hybridized carbons (Fsp3) is 0.0588. The van der Waals surface area contributed by atoms with Gasteiger partial charge in [-0.2, -0.15) is 0 Å². The van der Waals surface area contributed by atoms with Gasteiger partial charge in [0, 0.05) is 5.70 Å². The van der Waals surface area contributed by atoms with Gasteiger partial charge < -0.3 is 5.32 Å². The smallest absolute Gasteiger partial charge is 0.138 e. The van der Waals surface area contributed by atoms with Gasteiger partial charge in [-0.1, -0.05) is 82.7 Å². The zero-order valence-corrected chi connectivity index (χ0v) is 12.0. The molecule has 0 aliphatic carbocycles. The van der Waals surface area contributed by atoms with Crippen LogP contribution in [0.5, 0.6) is 0 Å². The molecule has 1 atom stereocenters. The number of allylic oxidation sites excluding steroid dienone is 2. The lowest BCUT2D eigenvalue weighted by Gasteiger charge is -2.31. The topological polar surface area (TPSA) is 12.0 Å². The van der Waals surface area contributed by atoms with Crippen LogP contribution >= 0.6 is 15.9 Å². The first-order valence-electron chi connectivity index (χ1n) is 6.25. The van der Waals surface area contributed by atoms with E-state index in [0.717, 1.165) is 5.70 Å².